The molecule has 1 aromatic heterocycles. The zero-order valence-corrected chi connectivity index (χ0v) is 29.8. The van der Waals surface area contributed by atoms with Gasteiger partial charge in [-0.05, 0) is 111 Å². The smallest absolute Gasteiger partial charge is 0.180 e. The molecule has 2 aliphatic heterocycles. The van der Waals surface area contributed by atoms with Crippen LogP contribution in [0, 0.1) is 50.7 Å². The molecule has 9 nitrogen and oxygen atoms in total. The molecule has 0 amide bonds. The maximum absolute atomic E-state index is 12.4. The molecule has 3 heterocycles. The van der Waals surface area contributed by atoms with E-state index in [0.29, 0.717) is 36.2 Å². The van der Waals surface area contributed by atoms with Gasteiger partial charge in [0.15, 0.2) is 12.7 Å². The molecule has 8 rings (SSSR count). The number of hydrogen-bond donors (Lipinski definition) is 3. The number of aliphatic hydroxyl groups excluding tert-OH is 2. The third kappa shape index (κ3) is 4.48. The van der Waals surface area contributed by atoms with Crippen molar-refractivity contribution < 1.29 is 33.9 Å². The molecule has 2 spiro atoms. The van der Waals surface area contributed by atoms with Crippen molar-refractivity contribution in [3.05, 3.63) is 18.4 Å². The van der Waals surface area contributed by atoms with Gasteiger partial charge in [-0.2, -0.15) is 0 Å². The number of nitrogens with zero attached hydrogens (tertiary/aromatic N) is 2. The van der Waals surface area contributed by atoms with Gasteiger partial charge in [-0.25, -0.2) is 4.98 Å². The molecule has 264 valence electrons. The molecular formula is C38H60N2O7. The second kappa shape index (κ2) is 10.7. The third-order valence-corrected chi connectivity index (χ3v) is 16.1. The molecule has 3 N–H and O–H groups in total. The fourth-order valence-corrected chi connectivity index (χ4v) is 13.8. The summed E-state index contributed by atoms with van der Waals surface area (Å²) in [6, 6.07) is 0. The summed E-state index contributed by atoms with van der Waals surface area (Å²) in [5.74, 6) is 1.60. The molecule has 0 radical (unpaired) electrons. The number of oxazole rings is 1. The first-order valence-corrected chi connectivity index (χ1v) is 18.7. The summed E-state index contributed by atoms with van der Waals surface area (Å²) in [6.07, 6.45) is 9.71. The van der Waals surface area contributed by atoms with E-state index >= 15 is 0 Å². The van der Waals surface area contributed by atoms with Gasteiger partial charge in [0.2, 0.25) is 0 Å². The molecule has 0 unspecified atom stereocenters. The molecule has 0 bridgehead atoms. The zero-order chi connectivity index (χ0) is 33.4. The normalized spacial score (nSPS) is 51.2. The van der Waals surface area contributed by atoms with Crippen LogP contribution < -0.4 is 0 Å². The van der Waals surface area contributed by atoms with E-state index in [4.69, 9.17) is 18.6 Å². The van der Waals surface area contributed by atoms with E-state index in [0.717, 1.165) is 44.6 Å². The first-order valence-electron chi connectivity index (χ1n) is 18.7. The second-order valence-electron chi connectivity index (χ2n) is 18.8. The first-order chi connectivity index (χ1) is 22.1. The van der Waals surface area contributed by atoms with Crippen LogP contribution in [0.1, 0.15) is 106 Å². The highest BCUT2D eigenvalue weighted by molar-refractivity contribution is 5.33. The van der Waals surface area contributed by atoms with Gasteiger partial charge in [0.05, 0.1) is 48.9 Å². The molecule has 1 aromatic rings. The van der Waals surface area contributed by atoms with E-state index in [2.05, 4.69) is 44.5 Å². The van der Waals surface area contributed by atoms with Crippen LogP contribution in [0.15, 0.2) is 17.1 Å². The Kier molecular flexibility index (Phi) is 7.55. The highest BCUT2D eigenvalue weighted by Crippen LogP contribution is 2.89. The van der Waals surface area contributed by atoms with Crippen molar-refractivity contribution in [3.8, 4) is 0 Å². The van der Waals surface area contributed by atoms with E-state index in [1.54, 1.807) is 20.1 Å². The van der Waals surface area contributed by atoms with E-state index in [-0.39, 0.29) is 46.1 Å². The predicted octanol–water partition coefficient (Wildman–Crippen LogP) is 5.16. The van der Waals surface area contributed by atoms with Gasteiger partial charge in [0, 0.05) is 18.5 Å². The quantitative estimate of drug-likeness (QED) is 0.382. The Morgan fingerprint density at radius 1 is 1.09 bits per heavy atom. The minimum atomic E-state index is -1.25. The average Bonchev–Trinajstić information content (AvgIpc) is 3.30. The third-order valence-electron chi connectivity index (χ3n) is 16.1. The van der Waals surface area contributed by atoms with Gasteiger partial charge in [-0.1, -0.05) is 34.6 Å². The van der Waals surface area contributed by atoms with Crippen molar-refractivity contribution in [1.29, 1.82) is 0 Å². The number of morpholine rings is 1. The number of fused-ring (bicyclic) bond motifs is 4. The van der Waals surface area contributed by atoms with Gasteiger partial charge in [-0.15, -0.1) is 0 Å². The highest BCUT2D eigenvalue weighted by atomic mass is 16.7. The molecule has 7 aliphatic rings. The monoisotopic (exact) mass is 656 g/mol. The molecular weight excluding hydrogens is 596 g/mol. The average molecular weight is 657 g/mol. The summed E-state index contributed by atoms with van der Waals surface area (Å²) in [5, 5.41) is 34.1. The van der Waals surface area contributed by atoms with Crippen molar-refractivity contribution in [1.82, 2.24) is 9.88 Å². The van der Waals surface area contributed by atoms with Gasteiger partial charge in [-0.3, -0.25) is 4.90 Å². The lowest BCUT2D eigenvalue weighted by molar-refractivity contribution is -0.249. The van der Waals surface area contributed by atoms with Crippen LogP contribution in [0.4, 0.5) is 0 Å². The highest BCUT2D eigenvalue weighted by Gasteiger charge is 2.84. The number of rotatable bonds is 6. The fraction of sp³-hybridized carbons (Fsp3) is 0.921. The van der Waals surface area contributed by atoms with Crippen molar-refractivity contribution in [2.24, 2.45) is 50.7 Å². The lowest BCUT2D eigenvalue weighted by atomic mass is 9.41. The molecule has 2 saturated heterocycles. The SMILES string of the molecule is C[C@@H]1C[C@H]([C@H](O)C(C)(C)O)O[C@H]2[C@H]1[C@@]1(C)CC[C@@]34C[C@@]35CC[C@H](O[C@H]3CN(Cc6cocn6)CCO3)C(C)(C)[C@@H]5CC[C@H]4[C@]1(C)[C@H]2O. The minimum absolute atomic E-state index is 0.0281. The molecule has 14 atom stereocenters. The Hall–Kier alpha value is -1.07. The summed E-state index contributed by atoms with van der Waals surface area (Å²) in [5.41, 5.74) is 0.0318. The summed E-state index contributed by atoms with van der Waals surface area (Å²) in [4.78, 5) is 6.66. The Morgan fingerprint density at radius 3 is 2.55 bits per heavy atom. The zero-order valence-electron chi connectivity index (χ0n) is 29.8. The van der Waals surface area contributed by atoms with Crippen molar-refractivity contribution >= 4 is 0 Å². The van der Waals surface area contributed by atoms with E-state index in [1.807, 2.05) is 0 Å². The Labute approximate surface area is 281 Å². The molecule has 47 heavy (non-hydrogen) atoms. The summed E-state index contributed by atoms with van der Waals surface area (Å²) < 4.78 is 25.0. The minimum Gasteiger partial charge on any atom is -0.451 e. The van der Waals surface area contributed by atoms with Gasteiger partial charge in [0.1, 0.15) is 12.4 Å². The maximum Gasteiger partial charge on any atom is 0.180 e. The van der Waals surface area contributed by atoms with Gasteiger partial charge < -0.3 is 33.9 Å². The van der Waals surface area contributed by atoms with Crippen molar-refractivity contribution in [3.63, 3.8) is 0 Å². The van der Waals surface area contributed by atoms with Crippen LogP contribution in [0.5, 0.6) is 0 Å². The Bertz CT molecular complexity index is 1330. The Morgan fingerprint density at radius 2 is 1.83 bits per heavy atom. The van der Waals surface area contributed by atoms with E-state index in [9.17, 15) is 15.3 Å². The van der Waals surface area contributed by atoms with Crippen LogP contribution in [0.2, 0.25) is 0 Å². The maximum atomic E-state index is 12.4. The largest absolute Gasteiger partial charge is 0.451 e. The standard InChI is InChI=1S/C38H60N2O7/c1-22-16-24(31(41)34(4,5)43)46-30-29(22)35(6)12-13-38-20-37(38)11-10-27(33(2,3)25(37)8-9-26(38)36(35,7)32(30)42)47-28-18-40(14-15-45-28)17-23-19-44-21-39-23/h19,21-22,24-32,41-43H,8-18,20H2,1-7H3/t22-,24-,25+,26+,27+,28+,29+,30+,31+,32+,35-,36-,37-,38+/m1/s1. The van der Waals surface area contributed by atoms with E-state index in [1.165, 1.54) is 32.1 Å². The van der Waals surface area contributed by atoms with Crippen LogP contribution in [0.3, 0.4) is 0 Å². The van der Waals surface area contributed by atoms with Crippen LogP contribution in [-0.2, 0) is 20.8 Å². The second-order valence-corrected chi connectivity index (χ2v) is 18.8. The summed E-state index contributed by atoms with van der Waals surface area (Å²) >= 11 is 0. The number of ether oxygens (including phenoxy) is 3. The summed E-state index contributed by atoms with van der Waals surface area (Å²) in [6.45, 7) is 18.4. The fourth-order valence-electron chi connectivity index (χ4n) is 13.8. The molecule has 9 heteroatoms. The Balaban J connectivity index is 1.01. The van der Waals surface area contributed by atoms with Crippen LogP contribution in [0.25, 0.3) is 0 Å². The van der Waals surface area contributed by atoms with Gasteiger partial charge >= 0.3 is 0 Å². The predicted molar refractivity (Wildman–Crippen MR) is 175 cm³/mol. The topological polar surface area (TPSA) is 118 Å². The summed E-state index contributed by atoms with van der Waals surface area (Å²) in [7, 11) is 0. The lowest BCUT2D eigenvalue weighted by Crippen LogP contribution is -2.60. The van der Waals surface area contributed by atoms with E-state index < -0.39 is 23.9 Å². The number of aliphatic hydroxyl groups is 3. The van der Waals surface area contributed by atoms with Crippen LogP contribution >= 0.6 is 0 Å². The molecule has 5 saturated carbocycles. The van der Waals surface area contributed by atoms with Crippen molar-refractivity contribution in [2.45, 2.75) is 149 Å². The van der Waals surface area contributed by atoms with Crippen LogP contribution in [-0.4, -0.2) is 87.3 Å². The molecule has 7 fully saturated rings. The molecule has 5 aliphatic carbocycles. The van der Waals surface area contributed by atoms with Crippen molar-refractivity contribution in [2.75, 3.05) is 19.7 Å². The first kappa shape index (κ1) is 33.1. The van der Waals surface area contributed by atoms with Gasteiger partial charge in [0.25, 0.3) is 0 Å². The number of hydrogen-bond acceptors (Lipinski definition) is 9. The molecule has 0 aromatic carbocycles. The number of aromatic nitrogens is 1. The lowest BCUT2D eigenvalue weighted by Gasteiger charge is -2.64.